The Morgan fingerprint density at radius 2 is 0.465 bits per heavy atom. The lowest BCUT2D eigenvalue weighted by atomic mass is 10.0. The quantitative estimate of drug-likeness (QED) is 0.0222. The molecule has 0 heterocycles. The molecule has 19 heteroatoms. The molecule has 0 saturated carbocycles. The molecule has 0 spiro atoms. The van der Waals surface area contributed by atoms with Crippen LogP contribution >= 0.6 is 15.6 Å². The predicted molar refractivity (Wildman–Crippen MR) is 405 cm³/mol. The van der Waals surface area contributed by atoms with E-state index in [0.29, 0.717) is 25.7 Å². The third kappa shape index (κ3) is 74.1. The molecule has 0 rings (SSSR count). The summed E-state index contributed by atoms with van der Waals surface area (Å²) in [6.07, 6.45) is 63.9. The fraction of sp³-hybridized carbons (Fsp3) is 0.950. The average molecular weight is 1450 g/mol. The molecule has 5 atom stereocenters. The van der Waals surface area contributed by atoms with Gasteiger partial charge in [-0.15, -0.1) is 0 Å². The summed E-state index contributed by atoms with van der Waals surface area (Å²) in [5.74, 6) is -1.30. The number of phosphoric ester groups is 2. The van der Waals surface area contributed by atoms with E-state index >= 15 is 0 Å². The highest BCUT2D eigenvalue weighted by Crippen LogP contribution is 2.45. The second-order valence-electron chi connectivity index (χ2n) is 29.3. The van der Waals surface area contributed by atoms with Crippen molar-refractivity contribution in [2.75, 3.05) is 39.6 Å². The van der Waals surface area contributed by atoms with E-state index in [1.807, 2.05) is 0 Å². The van der Waals surface area contributed by atoms with Crippen LogP contribution < -0.4 is 0 Å². The van der Waals surface area contributed by atoms with E-state index in [1.165, 1.54) is 250 Å². The molecule has 17 nitrogen and oxygen atoms in total. The van der Waals surface area contributed by atoms with Gasteiger partial charge in [0.05, 0.1) is 26.4 Å². The van der Waals surface area contributed by atoms with Crippen molar-refractivity contribution in [3.8, 4) is 0 Å². The number of hydrogen-bond acceptors (Lipinski definition) is 15. The van der Waals surface area contributed by atoms with E-state index in [-0.39, 0.29) is 25.7 Å². The second kappa shape index (κ2) is 73.0. The Morgan fingerprint density at radius 1 is 0.273 bits per heavy atom. The first kappa shape index (κ1) is 97.1. The molecule has 0 aliphatic heterocycles. The molecule has 0 amide bonds. The first-order chi connectivity index (χ1) is 48.0. The summed E-state index contributed by atoms with van der Waals surface area (Å²) in [4.78, 5) is 72.9. The Hall–Kier alpha value is -1.94. The van der Waals surface area contributed by atoms with Gasteiger partial charge in [0.2, 0.25) is 0 Å². The summed E-state index contributed by atoms with van der Waals surface area (Å²) >= 11 is 0. The van der Waals surface area contributed by atoms with Crippen LogP contribution in [0, 0.1) is 5.92 Å². The molecule has 0 aromatic rings. The van der Waals surface area contributed by atoms with E-state index in [1.54, 1.807) is 0 Å². The maximum Gasteiger partial charge on any atom is 0.472 e. The third-order valence-corrected chi connectivity index (χ3v) is 20.7. The summed E-state index contributed by atoms with van der Waals surface area (Å²) in [5.41, 5.74) is 0. The molecule has 2 unspecified atom stereocenters. The van der Waals surface area contributed by atoms with E-state index in [4.69, 9.17) is 37.0 Å². The number of rotatable bonds is 80. The maximum atomic E-state index is 13.1. The molecule has 0 aliphatic rings. The SMILES string of the molecule is CCCCCCCCCCCCCCCCCCCCCCC(=O)O[C@H](COC(=O)CCCCCCCCCCCCCCCCCCC(C)C)COP(=O)(O)OC[C@@H](O)COP(=O)(O)OC[C@@H](COC(=O)CCCCCCCCCCCC)OC(=O)CCCCCCCCCCCC. The monoisotopic (exact) mass is 1450 g/mol. The van der Waals surface area contributed by atoms with Gasteiger partial charge in [0.15, 0.2) is 12.2 Å². The van der Waals surface area contributed by atoms with Gasteiger partial charge in [0.1, 0.15) is 19.3 Å². The van der Waals surface area contributed by atoms with Gasteiger partial charge in [-0.2, -0.15) is 0 Å². The minimum atomic E-state index is -4.96. The summed E-state index contributed by atoms with van der Waals surface area (Å²) < 4.78 is 68.6. The number of carbonyl (C=O) groups excluding carboxylic acids is 4. The number of unbranched alkanes of at least 4 members (excludes halogenated alkanes) is 52. The van der Waals surface area contributed by atoms with Crippen LogP contribution in [0.5, 0.6) is 0 Å². The first-order valence-corrected chi connectivity index (χ1v) is 44.6. The van der Waals surface area contributed by atoms with Crippen molar-refractivity contribution in [3.05, 3.63) is 0 Å². The lowest BCUT2D eigenvalue weighted by molar-refractivity contribution is -0.161. The molecule has 3 N–H and O–H groups in total. The Morgan fingerprint density at radius 3 is 0.687 bits per heavy atom. The van der Waals surface area contributed by atoms with Gasteiger partial charge >= 0.3 is 39.5 Å². The molecule has 0 aliphatic carbocycles. The normalized spacial score (nSPS) is 13.9. The summed E-state index contributed by atoms with van der Waals surface area (Å²) in [6.45, 7) is 7.33. The van der Waals surface area contributed by atoms with Crippen LogP contribution in [0.3, 0.4) is 0 Å². The molecule has 0 fully saturated rings. The van der Waals surface area contributed by atoms with Crippen LogP contribution in [-0.2, 0) is 65.4 Å². The van der Waals surface area contributed by atoms with Crippen molar-refractivity contribution < 1.29 is 80.2 Å². The molecule has 0 radical (unpaired) electrons. The highest BCUT2D eigenvalue weighted by atomic mass is 31.2. The van der Waals surface area contributed by atoms with Gasteiger partial charge in [-0.3, -0.25) is 37.3 Å². The largest absolute Gasteiger partial charge is 0.472 e. The zero-order chi connectivity index (χ0) is 72.7. The Balaban J connectivity index is 5.19. The highest BCUT2D eigenvalue weighted by Gasteiger charge is 2.30. The van der Waals surface area contributed by atoms with Crippen molar-refractivity contribution in [2.24, 2.45) is 5.92 Å². The average Bonchev–Trinajstić information content (AvgIpc) is 1.02. The standard InChI is InChI=1S/C80H156O17P2/c1-6-9-12-15-18-21-24-25-26-27-28-29-30-35-38-41-46-51-56-61-66-80(85)97-76(70-91-78(83)64-59-54-49-45-40-37-34-32-31-33-36-39-42-47-52-57-62-73(4)5)72-95-99(88,89)93-68-74(81)67-92-98(86,87)94-71-75(96-79(84)65-60-55-50-44-23-20-17-14-11-8-3)69-90-77(82)63-58-53-48-43-22-19-16-13-10-7-2/h73-76,81H,6-72H2,1-5H3,(H,86,87)(H,88,89)/t74-,75+,76+/m0/s1. The zero-order valence-electron chi connectivity index (χ0n) is 64.6. The third-order valence-electron chi connectivity index (χ3n) is 18.8. The molecule has 588 valence electrons. The molecule has 0 bridgehead atoms. The van der Waals surface area contributed by atoms with Crippen LogP contribution in [0.25, 0.3) is 0 Å². The Bertz CT molecular complexity index is 1890. The lowest BCUT2D eigenvalue weighted by Crippen LogP contribution is -2.30. The van der Waals surface area contributed by atoms with Crippen LogP contribution in [0.4, 0.5) is 0 Å². The van der Waals surface area contributed by atoms with Gasteiger partial charge in [0.25, 0.3) is 0 Å². The van der Waals surface area contributed by atoms with Gasteiger partial charge in [-0.1, -0.05) is 375 Å². The van der Waals surface area contributed by atoms with Crippen molar-refractivity contribution in [1.82, 2.24) is 0 Å². The van der Waals surface area contributed by atoms with Crippen molar-refractivity contribution in [3.63, 3.8) is 0 Å². The van der Waals surface area contributed by atoms with E-state index < -0.39 is 97.5 Å². The fourth-order valence-electron chi connectivity index (χ4n) is 12.4. The van der Waals surface area contributed by atoms with Crippen molar-refractivity contribution in [2.45, 2.75) is 445 Å². The van der Waals surface area contributed by atoms with E-state index in [0.717, 1.165) is 95.8 Å². The summed E-state index contributed by atoms with van der Waals surface area (Å²) in [7, 11) is -9.91. The molecule has 0 aromatic carbocycles. The number of aliphatic hydroxyl groups excluding tert-OH is 1. The minimum absolute atomic E-state index is 0.107. The highest BCUT2D eigenvalue weighted by molar-refractivity contribution is 7.47. The van der Waals surface area contributed by atoms with Crippen LogP contribution in [0.1, 0.15) is 426 Å². The van der Waals surface area contributed by atoms with E-state index in [9.17, 15) is 43.2 Å². The van der Waals surface area contributed by atoms with Crippen molar-refractivity contribution >= 4 is 39.5 Å². The molecule has 0 aromatic heterocycles. The number of ether oxygens (including phenoxy) is 4. The maximum absolute atomic E-state index is 13.1. The first-order valence-electron chi connectivity index (χ1n) is 41.6. The number of phosphoric acid groups is 2. The van der Waals surface area contributed by atoms with E-state index in [2.05, 4.69) is 34.6 Å². The predicted octanol–water partition coefficient (Wildman–Crippen LogP) is 24.0. The molecule has 0 saturated heterocycles. The lowest BCUT2D eigenvalue weighted by Gasteiger charge is -2.21. The van der Waals surface area contributed by atoms with Gasteiger partial charge in [-0.05, 0) is 31.6 Å². The van der Waals surface area contributed by atoms with Gasteiger partial charge in [0, 0.05) is 25.7 Å². The minimum Gasteiger partial charge on any atom is -0.462 e. The number of carbonyl (C=O) groups is 4. The van der Waals surface area contributed by atoms with Gasteiger partial charge in [-0.25, -0.2) is 9.13 Å². The Kier molecular flexibility index (Phi) is 71.6. The number of esters is 4. The smallest absolute Gasteiger partial charge is 0.462 e. The molecular formula is C80H156O17P2. The number of hydrogen-bond donors (Lipinski definition) is 3. The fourth-order valence-corrected chi connectivity index (χ4v) is 14.0. The van der Waals surface area contributed by atoms with Gasteiger partial charge < -0.3 is 33.8 Å². The summed E-state index contributed by atoms with van der Waals surface area (Å²) in [6, 6.07) is 0. The van der Waals surface area contributed by atoms with Crippen LogP contribution in [-0.4, -0.2) is 96.7 Å². The topological polar surface area (TPSA) is 237 Å². The zero-order valence-corrected chi connectivity index (χ0v) is 66.4. The summed E-state index contributed by atoms with van der Waals surface area (Å²) in [5, 5.41) is 10.6. The number of aliphatic hydroxyl groups is 1. The molecular weight excluding hydrogens is 1290 g/mol. The van der Waals surface area contributed by atoms with Crippen molar-refractivity contribution in [1.29, 1.82) is 0 Å². The van der Waals surface area contributed by atoms with Crippen LogP contribution in [0.15, 0.2) is 0 Å². The molecule has 99 heavy (non-hydrogen) atoms. The Labute approximate surface area is 607 Å². The second-order valence-corrected chi connectivity index (χ2v) is 32.2. The van der Waals surface area contributed by atoms with Crippen LogP contribution in [0.2, 0.25) is 0 Å².